The summed E-state index contributed by atoms with van der Waals surface area (Å²) in [6, 6.07) is 1.85. The van der Waals surface area contributed by atoms with Gasteiger partial charge in [-0.3, -0.25) is 4.98 Å². The molecule has 0 saturated carbocycles. The molecule has 2 heterocycles. The monoisotopic (exact) mass is 314 g/mol. The molecule has 0 aliphatic heterocycles. The SMILES string of the molecule is CNc1nc(Cl)nc(Nc2cncc(Br)c2)n1. The smallest absolute Gasteiger partial charge is 0.233 e. The van der Waals surface area contributed by atoms with Crippen molar-refractivity contribution in [3.8, 4) is 0 Å². The number of pyridine rings is 1. The van der Waals surface area contributed by atoms with E-state index in [0.29, 0.717) is 11.9 Å². The van der Waals surface area contributed by atoms with Crippen LogP contribution in [0.1, 0.15) is 0 Å². The summed E-state index contributed by atoms with van der Waals surface area (Å²) in [5, 5.41) is 5.90. The van der Waals surface area contributed by atoms with Gasteiger partial charge in [0, 0.05) is 17.7 Å². The maximum absolute atomic E-state index is 5.76. The molecule has 2 aromatic heterocycles. The van der Waals surface area contributed by atoms with Gasteiger partial charge in [0.2, 0.25) is 17.2 Å². The molecule has 0 atom stereocenters. The molecule has 8 heteroatoms. The summed E-state index contributed by atoms with van der Waals surface area (Å²) in [5.41, 5.74) is 0.753. The molecule has 0 aromatic carbocycles. The van der Waals surface area contributed by atoms with E-state index in [0.717, 1.165) is 10.2 Å². The Kier molecular flexibility index (Phi) is 3.70. The standard InChI is InChI=1S/C9H8BrClN6/c1-12-8-15-7(11)16-9(17-8)14-6-2-5(10)3-13-4-6/h2-4H,1H3,(H2,12,14,15,16,17). The first-order valence-electron chi connectivity index (χ1n) is 4.64. The highest BCUT2D eigenvalue weighted by Crippen LogP contribution is 2.18. The molecular weight excluding hydrogens is 307 g/mol. The number of hydrogen-bond acceptors (Lipinski definition) is 6. The van der Waals surface area contributed by atoms with Crippen molar-refractivity contribution in [2.75, 3.05) is 17.7 Å². The lowest BCUT2D eigenvalue weighted by Gasteiger charge is -2.06. The van der Waals surface area contributed by atoms with Crippen molar-refractivity contribution >= 4 is 45.1 Å². The third kappa shape index (κ3) is 3.24. The summed E-state index contributed by atoms with van der Waals surface area (Å²) >= 11 is 9.08. The van der Waals surface area contributed by atoms with E-state index in [1.165, 1.54) is 0 Å². The summed E-state index contributed by atoms with van der Waals surface area (Å²) in [7, 11) is 1.70. The molecule has 0 aliphatic rings. The van der Waals surface area contributed by atoms with E-state index in [9.17, 15) is 0 Å². The Bertz CT molecular complexity index is 535. The number of nitrogens with zero attached hydrogens (tertiary/aromatic N) is 4. The Morgan fingerprint density at radius 3 is 2.65 bits per heavy atom. The molecule has 0 spiro atoms. The summed E-state index contributed by atoms with van der Waals surface area (Å²) in [6.07, 6.45) is 3.34. The molecule has 17 heavy (non-hydrogen) atoms. The lowest BCUT2D eigenvalue weighted by Crippen LogP contribution is -2.03. The predicted molar refractivity (Wildman–Crippen MR) is 69.6 cm³/mol. The van der Waals surface area contributed by atoms with Gasteiger partial charge in [-0.25, -0.2) is 0 Å². The first kappa shape index (κ1) is 12.0. The fourth-order valence-corrected chi connectivity index (χ4v) is 1.65. The fourth-order valence-electron chi connectivity index (χ4n) is 1.13. The lowest BCUT2D eigenvalue weighted by atomic mass is 10.4. The molecule has 88 valence electrons. The fraction of sp³-hybridized carbons (Fsp3) is 0.111. The van der Waals surface area contributed by atoms with Crippen LogP contribution in [0.4, 0.5) is 17.6 Å². The number of hydrogen-bond donors (Lipinski definition) is 2. The van der Waals surface area contributed by atoms with Gasteiger partial charge in [0.15, 0.2) is 0 Å². The predicted octanol–water partition coefficient (Wildman–Crippen LogP) is 2.47. The largest absolute Gasteiger partial charge is 0.357 e. The van der Waals surface area contributed by atoms with Crippen molar-refractivity contribution in [2.45, 2.75) is 0 Å². The van der Waals surface area contributed by atoms with E-state index in [2.05, 4.69) is 46.5 Å². The van der Waals surface area contributed by atoms with Gasteiger partial charge in [-0.1, -0.05) is 0 Å². The second-order valence-electron chi connectivity index (χ2n) is 3.02. The topological polar surface area (TPSA) is 75.6 Å². The molecule has 6 nitrogen and oxygen atoms in total. The van der Waals surface area contributed by atoms with Crippen molar-refractivity contribution in [1.82, 2.24) is 19.9 Å². The van der Waals surface area contributed by atoms with Crippen LogP contribution >= 0.6 is 27.5 Å². The molecule has 0 amide bonds. The van der Waals surface area contributed by atoms with Crippen LogP contribution in [0.5, 0.6) is 0 Å². The molecule has 2 N–H and O–H groups in total. The molecule has 0 aliphatic carbocycles. The average Bonchev–Trinajstić information content (AvgIpc) is 2.28. The van der Waals surface area contributed by atoms with Crippen molar-refractivity contribution in [3.63, 3.8) is 0 Å². The maximum Gasteiger partial charge on any atom is 0.233 e. The third-order valence-corrected chi connectivity index (χ3v) is 2.40. The van der Waals surface area contributed by atoms with Crippen LogP contribution in [0.25, 0.3) is 0 Å². The quantitative estimate of drug-likeness (QED) is 0.906. The molecule has 2 rings (SSSR count). The van der Waals surface area contributed by atoms with Crippen LogP contribution in [-0.4, -0.2) is 27.0 Å². The lowest BCUT2D eigenvalue weighted by molar-refractivity contribution is 1.05. The molecule has 2 aromatic rings. The van der Waals surface area contributed by atoms with Gasteiger partial charge < -0.3 is 10.6 Å². The molecule has 0 saturated heterocycles. The van der Waals surface area contributed by atoms with E-state index in [1.54, 1.807) is 19.4 Å². The second kappa shape index (κ2) is 5.24. The second-order valence-corrected chi connectivity index (χ2v) is 4.27. The van der Waals surface area contributed by atoms with Gasteiger partial charge >= 0.3 is 0 Å². The summed E-state index contributed by atoms with van der Waals surface area (Å²) in [5.74, 6) is 0.754. The van der Waals surface area contributed by atoms with Crippen molar-refractivity contribution in [3.05, 3.63) is 28.2 Å². The minimum absolute atomic E-state index is 0.120. The van der Waals surface area contributed by atoms with Crippen LogP contribution < -0.4 is 10.6 Å². The van der Waals surface area contributed by atoms with E-state index >= 15 is 0 Å². The highest BCUT2D eigenvalue weighted by Gasteiger charge is 2.04. The van der Waals surface area contributed by atoms with Gasteiger partial charge in [0.05, 0.1) is 11.9 Å². The Balaban J connectivity index is 2.26. The number of halogens is 2. The van der Waals surface area contributed by atoms with Crippen LogP contribution in [0.3, 0.4) is 0 Å². The molecule has 0 bridgehead atoms. The Hall–Kier alpha value is -1.47. The number of anilines is 3. The van der Waals surface area contributed by atoms with Crippen LogP contribution in [0.2, 0.25) is 5.28 Å². The van der Waals surface area contributed by atoms with Crippen LogP contribution in [-0.2, 0) is 0 Å². The van der Waals surface area contributed by atoms with Crippen molar-refractivity contribution < 1.29 is 0 Å². The first-order chi connectivity index (χ1) is 8.17. The molecule has 0 radical (unpaired) electrons. The number of nitrogens with one attached hydrogen (secondary N) is 2. The third-order valence-electron chi connectivity index (χ3n) is 1.79. The Morgan fingerprint density at radius 1 is 1.18 bits per heavy atom. The minimum Gasteiger partial charge on any atom is -0.357 e. The van der Waals surface area contributed by atoms with Gasteiger partial charge in [-0.15, -0.1) is 0 Å². The van der Waals surface area contributed by atoms with Crippen molar-refractivity contribution in [1.29, 1.82) is 0 Å². The Labute approximate surface area is 111 Å². The zero-order chi connectivity index (χ0) is 12.3. The number of aromatic nitrogens is 4. The minimum atomic E-state index is 0.120. The van der Waals surface area contributed by atoms with Crippen molar-refractivity contribution in [2.24, 2.45) is 0 Å². The zero-order valence-corrected chi connectivity index (χ0v) is 11.1. The summed E-state index contributed by atoms with van der Waals surface area (Å²) in [6.45, 7) is 0. The van der Waals surface area contributed by atoms with Crippen LogP contribution in [0, 0.1) is 0 Å². The first-order valence-corrected chi connectivity index (χ1v) is 5.81. The normalized spacial score (nSPS) is 10.1. The number of rotatable bonds is 3. The molecular formula is C9H8BrClN6. The van der Waals surface area contributed by atoms with Gasteiger partial charge in [0.25, 0.3) is 0 Å². The van der Waals surface area contributed by atoms with Crippen LogP contribution in [0.15, 0.2) is 22.9 Å². The van der Waals surface area contributed by atoms with E-state index in [4.69, 9.17) is 11.6 Å². The van der Waals surface area contributed by atoms with Gasteiger partial charge in [-0.2, -0.15) is 15.0 Å². The van der Waals surface area contributed by atoms with E-state index in [-0.39, 0.29) is 5.28 Å². The Morgan fingerprint density at radius 2 is 1.94 bits per heavy atom. The average molecular weight is 316 g/mol. The van der Waals surface area contributed by atoms with E-state index in [1.807, 2.05) is 6.07 Å². The highest BCUT2D eigenvalue weighted by molar-refractivity contribution is 9.10. The van der Waals surface area contributed by atoms with Gasteiger partial charge in [-0.05, 0) is 33.6 Å². The summed E-state index contributed by atoms with van der Waals surface area (Å²) in [4.78, 5) is 16.0. The molecule has 0 unspecified atom stereocenters. The van der Waals surface area contributed by atoms with E-state index < -0.39 is 0 Å². The molecule has 0 fully saturated rings. The summed E-state index contributed by atoms with van der Waals surface area (Å²) < 4.78 is 0.858. The highest BCUT2D eigenvalue weighted by atomic mass is 79.9. The maximum atomic E-state index is 5.76. The van der Waals surface area contributed by atoms with Gasteiger partial charge in [0.1, 0.15) is 0 Å². The zero-order valence-electron chi connectivity index (χ0n) is 8.78.